The fourth-order valence-corrected chi connectivity index (χ4v) is 10.6. The summed E-state index contributed by atoms with van der Waals surface area (Å²) in [5.41, 5.74) is 6.36. The SMILES string of the molecule is N#Cc1cc(NC2CCC(=O)NC2=O)ccc1C1CCN(CC(=O)N2CCN(c3ccc(-c4cc(F)c5c(c4)C(=O)N(C(C(=O)Nc4nccs4)c4ncn6c4CCC6)C5)cc3)CC2)CC1. The van der Waals surface area contributed by atoms with E-state index in [9.17, 15) is 29.2 Å². The summed E-state index contributed by atoms with van der Waals surface area (Å²) in [5.74, 6) is -1.75. The van der Waals surface area contributed by atoms with Crippen molar-refractivity contribution in [2.24, 2.45) is 0 Å². The molecule has 7 heterocycles. The van der Waals surface area contributed by atoms with E-state index in [1.807, 2.05) is 45.9 Å². The van der Waals surface area contributed by atoms with E-state index < -0.39 is 29.7 Å². The molecule has 3 aromatic carbocycles. The van der Waals surface area contributed by atoms with Crippen molar-refractivity contribution in [3.8, 4) is 17.2 Å². The zero-order chi connectivity index (χ0) is 45.5. The third-order valence-electron chi connectivity index (χ3n) is 13.6. The molecular formula is C48H48FN11O5S. The number of piperidine rings is 2. The molecule has 3 fully saturated rings. The maximum absolute atomic E-state index is 16.0. The molecule has 3 saturated heterocycles. The van der Waals surface area contributed by atoms with E-state index in [1.165, 1.54) is 22.3 Å². The van der Waals surface area contributed by atoms with Crippen LogP contribution in [0.15, 0.2) is 72.5 Å². The number of imide groups is 1. The highest BCUT2D eigenvalue weighted by atomic mass is 32.1. The number of nitrogens with zero attached hydrogens (tertiary/aromatic N) is 8. The first-order valence-electron chi connectivity index (χ1n) is 22.5. The Morgan fingerprint density at radius 1 is 0.924 bits per heavy atom. The smallest absolute Gasteiger partial charge is 0.255 e. The van der Waals surface area contributed by atoms with Crippen LogP contribution in [0.1, 0.15) is 82.5 Å². The fourth-order valence-electron chi connectivity index (χ4n) is 10.1. The highest BCUT2D eigenvalue weighted by Crippen LogP contribution is 2.39. The van der Waals surface area contributed by atoms with Crippen LogP contribution in [0.25, 0.3) is 11.1 Å². The third kappa shape index (κ3) is 8.51. The number of imidazole rings is 1. The molecule has 10 rings (SSSR count). The molecule has 338 valence electrons. The lowest BCUT2D eigenvalue weighted by Crippen LogP contribution is -2.51. The van der Waals surface area contributed by atoms with Crippen molar-refractivity contribution in [2.75, 3.05) is 61.3 Å². The molecule has 5 amide bonds. The number of halogens is 1. The summed E-state index contributed by atoms with van der Waals surface area (Å²) >= 11 is 1.27. The largest absolute Gasteiger partial charge is 0.374 e. The van der Waals surface area contributed by atoms with Gasteiger partial charge in [-0.05, 0) is 104 Å². The first-order chi connectivity index (χ1) is 32.1. The summed E-state index contributed by atoms with van der Waals surface area (Å²) in [5, 5.41) is 20.5. The molecule has 3 N–H and O–H groups in total. The van der Waals surface area contributed by atoms with Crippen molar-refractivity contribution in [1.29, 1.82) is 5.26 Å². The second-order valence-electron chi connectivity index (χ2n) is 17.5. The van der Waals surface area contributed by atoms with Crippen LogP contribution in [-0.2, 0) is 38.7 Å². The molecule has 0 aliphatic carbocycles. The molecule has 2 atom stereocenters. The Labute approximate surface area is 384 Å². The summed E-state index contributed by atoms with van der Waals surface area (Å²) in [7, 11) is 0. The Hall–Kier alpha value is -6.97. The lowest BCUT2D eigenvalue weighted by Gasteiger charge is -2.38. The van der Waals surface area contributed by atoms with Crippen LogP contribution in [0.2, 0.25) is 0 Å². The van der Waals surface area contributed by atoms with Gasteiger partial charge in [-0.15, -0.1) is 11.3 Å². The Kier molecular flexibility index (Phi) is 11.8. The minimum Gasteiger partial charge on any atom is -0.374 e. The van der Waals surface area contributed by atoms with Gasteiger partial charge in [0.1, 0.15) is 11.9 Å². The maximum Gasteiger partial charge on any atom is 0.255 e. The number of carbonyl (C=O) groups excluding carboxylic acids is 5. The zero-order valence-corrected chi connectivity index (χ0v) is 37.0. The van der Waals surface area contributed by atoms with E-state index in [0.29, 0.717) is 66.8 Å². The standard InChI is InChI=1S/C48H48FN11O5S/c49-38-24-31(23-36-37(38)26-60(47(36)65)44(46(64)55-48-51-13-21-66-48)43-40-2-1-14-59(40)28-52-43)29-3-6-34(7-4-29)57-17-19-58(20-18-57)42(62)27-56-15-11-30(12-16-56)35-8-5-33(22-32(35)25-50)53-39-9-10-41(61)54-45(39)63/h3-8,13,21-24,28,30,39,44,53H,1-2,9-12,14-20,26-27H2,(H,51,55,64)(H,54,61,63). The molecule has 16 nitrogen and oxygen atoms in total. The highest BCUT2D eigenvalue weighted by molar-refractivity contribution is 7.13. The van der Waals surface area contributed by atoms with E-state index in [-0.39, 0.29) is 47.7 Å². The van der Waals surface area contributed by atoms with Crippen LogP contribution < -0.4 is 20.9 Å². The van der Waals surface area contributed by atoms with Crippen LogP contribution in [0.4, 0.5) is 20.9 Å². The van der Waals surface area contributed by atoms with Gasteiger partial charge in [0.15, 0.2) is 11.2 Å². The number of aryl methyl sites for hydroxylation is 1. The van der Waals surface area contributed by atoms with Crippen LogP contribution >= 0.6 is 11.3 Å². The van der Waals surface area contributed by atoms with E-state index in [1.54, 1.807) is 30.0 Å². The molecule has 0 radical (unpaired) electrons. The van der Waals surface area contributed by atoms with E-state index in [2.05, 4.69) is 41.8 Å². The lowest BCUT2D eigenvalue weighted by molar-refractivity contribution is -0.134. The van der Waals surface area contributed by atoms with Gasteiger partial charge < -0.3 is 24.6 Å². The van der Waals surface area contributed by atoms with Crippen molar-refractivity contribution in [3.63, 3.8) is 0 Å². The van der Waals surface area contributed by atoms with Gasteiger partial charge in [0.2, 0.25) is 17.7 Å². The molecule has 2 aromatic heterocycles. The molecule has 2 unspecified atom stereocenters. The number of nitrogens with one attached hydrogen (secondary N) is 3. The van der Waals surface area contributed by atoms with Crippen LogP contribution in [0.5, 0.6) is 0 Å². The Morgan fingerprint density at radius 3 is 2.47 bits per heavy atom. The maximum atomic E-state index is 16.0. The van der Waals surface area contributed by atoms with Crippen molar-refractivity contribution < 1.29 is 28.4 Å². The summed E-state index contributed by atoms with van der Waals surface area (Å²) in [4.78, 5) is 81.8. The monoisotopic (exact) mass is 909 g/mol. The van der Waals surface area contributed by atoms with Crippen LogP contribution in [0.3, 0.4) is 0 Å². The Balaban J connectivity index is 0.729. The average Bonchev–Trinajstić information content (AvgIpc) is 4.16. The number of anilines is 3. The summed E-state index contributed by atoms with van der Waals surface area (Å²) in [6.45, 7) is 5.03. The predicted octanol–water partition coefficient (Wildman–Crippen LogP) is 5.04. The van der Waals surface area contributed by atoms with Gasteiger partial charge in [0, 0.05) is 78.9 Å². The number of thiazole rings is 1. The highest BCUT2D eigenvalue weighted by Gasteiger charge is 2.42. The van der Waals surface area contributed by atoms with Gasteiger partial charge >= 0.3 is 0 Å². The second-order valence-corrected chi connectivity index (χ2v) is 18.4. The van der Waals surface area contributed by atoms with Crippen molar-refractivity contribution in [2.45, 2.75) is 69.6 Å². The number of aromatic nitrogens is 3. The van der Waals surface area contributed by atoms with Gasteiger partial charge in [0.05, 0.1) is 36.7 Å². The number of likely N-dealkylation sites (tertiary alicyclic amines) is 1. The number of amides is 5. The number of rotatable bonds is 11. The second kappa shape index (κ2) is 18.1. The Morgan fingerprint density at radius 2 is 1.73 bits per heavy atom. The number of hydrogen-bond acceptors (Lipinski definition) is 12. The fraction of sp³-hybridized carbons (Fsp3) is 0.375. The van der Waals surface area contributed by atoms with Crippen LogP contribution in [0, 0.1) is 17.1 Å². The number of carbonyl (C=O) groups is 5. The number of nitriles is 1. The molecule has 0 saturated carbocycles. The van der Waals surface area contributed by atoms with E-state index in [0.717, 1.165) is 67.8 Å². The van der Waals surface area contributed by atoms with Gasteiger partial charge in [-0.1, -0.05) is 18.2 Å². The minimum atomic E-state index is -1.06. The van der Waals surface area contributed by atoms with Crippen molar-refractivity contribution >= 4 is 57.4 Å². The van der Waals surface area contributed by atoms with Crippen molar-refractivity contribution in [3.05, 3.63) is 112 Å². The summed E-state index contributed by atoms with van der Waals surface area (Å²) < 4.78 is 18.0. The predicted molar refractivity (Wildman–Crippen MR) is 244 cm³/mol. The molecule has 5 aliphatic rings. The van der Waals surface area contributed by atoms with Gasteiger partial charge in [-0.2, -0.15) is 5.26 Å². The lowest BCUT2D eigenvalue weighted by atomic mass is 9.86. The topological polar surface area (TPSA) is 189 Å². The molecule has 66 heavy (non-hydrogen) atoms. The Bertz CT molecular complexity index is 2750. The summed E-state index contributed by atoms with van der Waals surface area (Å²) in [6, 6.07) is 17.3. The summed E-state index contributed by atoms with van der Waals surface area (Å²) in [6.07, 6.45) is 7.25. The van der Waals surface area contributed by atoms with Crippen LogP contribution in [-0.4, -0.2) is 111 Å². The quantitative estimate of drug-likeness (QED) is 0.151. The average molecular weight is 910 g/mol. The molecule has 5 aromatic rings. The number of fused-ring (bicyclic) bond motifs is 2. The number of hydrogen-bond donors (Lipinski definition) is 3. The van der Waals surface area contributed by atoms with Crippen molar-refractivity contribution in [1.82, 2.24) is 34.6 Å². The molecule has 0 bridgehead atoms. The first-order valence-corrected chi connectivity index (χ1v) is 23.4. The van der Waals surface area contributed by atoms with E-state index >= 15 is 4.39 Å². The first kappa shape index (κ1) is 43.0. The van der Waals surface area contributed by atoms with Gasteiger partial charge in [-0.25, -0.2) is 14.4 Å². The number of piperazine rings is 1. The molecule has 0 spiro atoms. The minimum absolute atomic E-state index is 0.0655. The zero-order valence-electron chi connectivity index (χ0n) is 36.2. The number of benzene rings is 3. The van der Waals surface area contributed by atoms with E-state index in [4.69, 9.17) is 0 Å². The van der Waals surface area contributed by atoms with Gasteiger partial charge in [-0.3, -0.25) is 39.5 Å². The van der Waals surface area contributed by atoms with Gasteiger partial charge in [0.25, 0.3) is 11.8 Å². The molecule has 5 aliphatic heterocycles. The third-order valence-corrected chi connectivity index (χ3v) is 14.3. The molecular weight excluding hydrogens is 862 g/mol. The normalized spacial score (nSPS) is 19.3. The molecule has 18 heteroatoms.